The van der Waals surface area contributed by atoms with Gasteiger partial charge in [-0.2, -0.15) is 4.98 Å². The number of halogens is 3. The number of hydrogen-bond donors (Lipinski definition) is 0. The molecule has 0 spiro atoms. The lowest BCUT2D eigenvalue weighted by molar-refractivity contribution is 0.177. The first kappa shape index (κ1) is 13.6. The Hall–Kier alpha value is -1.79. The van der Waals surface area contributed by atoms with Crippen LogP contribution in [-0.4, -0.2) is 17.1 Å². The molecule has 7 heteroatoms. The number of hydrogen-bond acceptors (Lipinski definition) is 4. The van der Waals surface area contributed by atoms with Gasteiger partial charge in [-0.25, -0.2) is 13.8 Å². The lowest BCUT2D eigenvalue weighted by Gasteiger charge is -2.07. The van der Waals surface area contributed by atoms with Gasteiger partial charge in [0, 0.05) is 19.2 Å². The van der Waals surface area contributed by atoms with Crippen molar-refractivity contribution in [2.45, 2.75) is 6.61 Å². The van der Waals surface area contributed by atoms with Crippen LogP contribution in [0.25, 0.3) is 0 Å². The molecule has 19 heavy (non-hydrogen) atoms. The second-order valence-electron chi connectivity index (χ2n) is 3.55. The van der Waals surface area contributed by atoms with Crippen LogP contribution in [0.5, 0.6) is 11.6 Å². The van der Waals surface area contributed by atoms with Crippen LogP contribution in [0.15, 0.2) is 24.3 Å². The maximum absolute atomic E-state index is 13.4. The number of methoxy groups -OCH3 is 1. The standard InChI is InChI=1S/C12H9ClF2N2O2/c1-18-6-11-16-10(13)5-12(17-11)19-9-4-7(14)2-3-8(9)15/h2-5H,6H2,1H3. The normalized spacial score (nSPS) is 10.5. The third kappa shape index (κ3) is 3.59. The van der Waals surface area contributed by atoms with E-state index in [9.17, 15) is 8.78 Å². The second-order valence-corrected chi connectivity index (χ2v) is 3.94. The predicted molar refractivity (Wildman–Crippen MR) is 64.2 cm³/mol. The number of aromatic nitrogens is 2. The van der Waals surface area contributed by atoms with E-state index in [1.54, 1.807) is 0 Å². The molecule has 0 saturated heterocycles. The van der Waals surface area contributed by atoms with Crippen LogP contribution in [0.2, 0.25) is 5.15 Å². The van der Waals surface area contributed by atoms with Crippen molar-refractivity contribution < 1.29 is 18.3 Å². The van der Waals surface area contributed by atoms with Gasteiger partial charge in [0.25, 0.3) is 0 Å². The molecule has 1 aromatic carbocycles. The molecule has 1 heterocycles. The van der Waals surface area contributed by atoms with Crippen molar-refractivity contribution in [3.8, 4) is 11.6 Å². The van der Waals surface area contributed by atoms with Gasteiger partial charge in [0.2, 0.25) is 5.88 Å². The smallest absolute Gasteiger partial charge is 0.224 e. The van der Waals surface area contributed by atoms with Gasteiger partial charge in [-0.1, -0.05) is 11.6 Å². The third-order valence-electron chi connectivity index (χ3n) is 2.10. The zero-order valence-corrected chi connectivity index (χ0v) is 10.6. The quantitative estimate of drug-likeness (QED) is 0.809. The summed E-state index contributed by atoms with van der Waals surface area (Å²) in [4.78, 5) is 7.84. The highest BCUT2D eigenvalue weighted by atomic mass is 35.5. The van der Waals surface area contributed by atoms with Crippen LogP contribution in [0, 0.1) is 11.6 Å². The van der Waals surface area contributed by atoms with Gasteiger partial charge < -0.3 is 9.47 Å². The first-order valence-corrected chi connectivity index (χ1v) is 5.61. The van der Waals surface area contributed by atoms with Crippen molar-refractivity contribution in [3.63, 3.8) is 0 Å². The summed E-state index contributed by atoms with van der Waals surface area (Å²) in [5, 5.41) is 0.119. The van der Waals surface area contributed by atoms with Crippen LogP contribution in [0.3, 0.4) is 0 Å². The Kier molecular flexibility index (Phi) is 4.24. The van der Waals surface area contributed by atoms with Crippen molar-refractivity contribution in [3.05, 3.63) is 46.9 Å². The molecule has 0 aliphatic carbocycles. The van der Waals surface area contributed by atoms with E-state index in [2.05, 4.69) is 9.97 Å². The van der Waals surface area contributed by atoms with E-state index in [1.807, 2.05) is 0 Å². The van der Waals surface area contributed by atoms with E-state index in [-0.39, 0.29) is 29.2 Å². The number of benzene rings is 1. The molecule has 0 N–H and O–H groups in total. The van der Waals surface area contributed by atoms with Gasteiger partial charge in [-0.3, -0.25) is 0 Å². The Balaban J connectivity index is 2.29. The number of rotatable bonds is 4. The zero-order valence-electron chi connectivity index (χ0n) is 9.86. The highest BCUT2D eigenvalue weighted by Crippen LogP contribution is 2.25. The van der Waals surface area contributed by atoms with Gasteiger partial charge >= 0.3 is 0 Å². The van der Waals surface area contributed by atoms with Crippen LogP contribution >= 0.6 is 11.6 Å². The fourth-order valence-corrected chi connectivity index (χ4v) is 1.55. The van der Waals surface area contributed by atoms with Gasteiger partial charge in [-0.15, -0.1) is 0 Å². The van der Waals surface area contributed by atoms with E-state index in [1.165, 1.54) is 13.2 Å². The monoisotopic (exact) mass is 286 g/mol. The van der Waals surface area contributed by atoms with Gasteiger partial charge in [-0.05, 0) is 12.1 Å². The van der Waals surface area contributed by atoms with Crippen molar-refractivity contribution >= 4 is 11.6 Å². The summed E-state index contributed by atoms with van der Waals surface area (Å²) in [6.07, 6.45) is 0. The van der Waals surface area contributed by atoms with Crippen LogP contribution in [0.4, 0.5) is 8.78 Å². The molecule has 100 valence electrons. The lowest BCUT2D eigenvalue weighted by atomic mass is 10.3. The minimum absolute atomic E-state index is 0.0107. The molecular formula is C12H9ClF2N2O2. The fourth-order valence-electron chi connectivity index (χ4n) is 1.36. The maximum Gasteiger partial charge on any atom is 0.224 e. The molecule has 1 aromatic heterocycles. The summed E-state index contributed by atoms with van der Waals surface area (Å²) >= 11 is 5.77. The minimum Gasteiger partial charge on any atom is -0.436 e. The SMILES string of the molecule is COCc1nc(Cl)cc(Oc2cc(F)ccc2F)n1. The fraction of sp³-hybridized carbons (Fsp3) is 0.167. The highest BCUT2D eigenvalue weighted by molar-refractivity contribution is 6.29. The lowest BCUT2D eigenvalue weighted by Crippen LogP contribution is -2.00. The van der Waals surface area contributed by atoms with Crippen LogP contribution < -0.4 is 4.74 Å². The molecule has 0 aliphatic heterocycles. The Morgan fingerprint density at radius 1 is 1.21 bits per heavy atom. The van der Waals surface area contributed by atoms with Gasteiger partial charge in [0.1, 0.15) is 17.6 Å². The number of ether oxygens (including phenoxy) is 2. The molecule has 0 saturated carbocycles. The molecule has 0 bridgehead atoms. The largest absolute Gasteiger partial charge is 0.436 e. The van der Waals surface area contributed by atoms with E-state index >= 15 is 0 Å². The Bertz CT molecular complexity index is 596. The molecule has 0 radical (unpaired) electrons. The zero-order chi connectivity index (χ0) is 13.8. The summed E-state index contributed by atoms with van der Waals surface area (Å²) < 4.78 is 36.4. The molecule has 0 unspecified atom stereocenters. The van der Waals surface area contributed by atoms with Gasteiger partial charge in [0.05, 0.1) is 0 Å². The summed E-state index contributed by atoms with van der Waals surface area (Å²) in [6, 6.07) is 4.17. The minimum atomic E-state index is -0.704. The number of nitrogens with zero attached hydrogens (tertiary/aromatic N) is 2. The van der Waals surface area contributed by atoms with E-state index in [4.69, 9.17) is 21.1 Å². The average molecular weight is 287 g/mol. The molecule has 4 nitrogen and oxygen atoms in total. The van der Waals surface area contributed by atoms with Crippen molar-refractivity contribution in [1.82, 2.24) is 9.97 Å². The topological polar surface area (TPSA) is 44.2 Å². The first-order valence-electron chi connectivity index (χ1n) is 5.24. The van der Waals surface area contributed by atoms with Gasteiger partial charge in [0.15, 0.2) is 17.4 Å². The second kappa shape index (κ2) is 5.90. The van der Waals surface area contributed by atoms with Crippen molar-refractivity contribution in [2.75, 3.05) is 7.11 Å². The predicted octanol–water partition coefficient (Wildman–Crippen LogP) is 3.35. The van der Waals surface area contributed by atoms with E-state index in [0.717, 1.165) is 18.2 Å². The van der Waals surface area contributed by atoms with Crippen molar-refractivity contribution in [1.29, 1.82) is 0 Å². The summed E-state index contributed by atoms with van der Waals surface area (Å²) in [7, 11) is 1.47. The molecule has 2 aromatic rings. The molecule has 0 aliphatic rings. The molecule has 0 amide bonds. The molecule has 2 rings (SSSR count). The first-order chi connectivity index (χ1) is 9.08. The van der Waals surface area contributed by atoms with E-state index < -0.39 is 11.6 Å². The van der Waals surface area contributed by atoms with E-state index in [0.29, 0.717) is 0 Å². The highest BCUT2D eigenvalue weighted by Gasteiger charge is 2.10. The van der Waals surface area contributed by atoms with Crippen LogP contribution in [0.1, 0.15) is 5.82 Å². The Morgan fingerprint density at radius 2 is 2.00 bits per heavy atom. The molecule has 0 fully saturated rings. The summed E-state index contributed by atoms with van der Waals surface area (Å²) in [6.45, 7) is 0.128. The Labute approximate surface area is 113 Å². The summed E-state index contributed by atoms with van der Waals surface area (Å²) in [5.41, 5.74) is 0. The Morgan fingerprint density at radius 3 is 2.74 bits per heavy atom. The summed E-state index contributed by atoms with van der Waals surface area (Å²) in [5.74, 6) is -1.31. The van der Waals surface area contributed by atoms with Crippen LogP contribution in [-0.2, 0) is 11.3 Å². The maximum atomic E-state index is 13.4. The third-order valence-corrected chi connectivity index (χ3v) is 2.29. The molecular weight excluding hydrogens is 278 g/mol. The average Bonchev–Trinajstić information content (AvgIpc) is 2.33. The van der Waals surface area contributed by atoms with Crippen molar-refractivity contribution in [2.24, 2.45) is 0 Å². The molecule has 0 atom stereocenters.